The Balaban J connectivity index is 2.04. The highest BCUT2D eigenvalue weighted by atomic mass is 35.5. The van der Waals surface area contributed by atoms with Crippen LogP contribution in [0.25, 0.3) is 0 Å². The number of hydrogen-bond donors (Lipinski definition) is 1. The molecule has 0 aliphatic heterocycles. The summed E-state index contributed by atoms with van der Waals surface area (Å²) >= 11 is 12.2. The summed E-state index contributed by atoms with van der Waals surface area (Å²) < 4.78 is 5.67. The lowest BCUT2D eigenvalue weighted by atomic mass is 10.2. The average Bonchev–Trinajstić information content (AvgIpc) is 2.46. The minimum Gasteiger partial charge on any atom is -0.473 e. The van der Waals surface area contributed by atoms with Gasteiger partial charge in [-0.25, -0.2) is 4.98 Å². The first kappa shape index (κ1) is 15.1. The van der Waals surface area contributed by atoms with Crippen molar-refractivity contribution < 1.29 is 4.74 Å². The Labute approximate surface area is 128 Å². The lowest BCUT2D eigenvalue weighted by Crippen LogP contribution is -2.12. The first-order chi connectivity index (χ1) is 9.70. The van der Waals surface area contributed by atoms with Gasteiger partial charge in [0.05, 0.1) is 5.02 Å². The van der Waals surface area contributed by atoms with Crippen molar-refractivity contribution in [2.24, 2.45) is 0 Å². The summed E-state index contributed by atoms with van der Waals surface area (Å²) in [7, 11) is 0. The molecule has 20 heavy (non-hydrogen) atoms. The zero-order chi connectivity index (χ0) is 14.4. The molecule has 3 nitrogen and oxygen atoms in total. The maximum atomic E-state index is 6.10. The third-order valence-electron chi connectivity index (χ3n) is 2.81. The summed E-state index contributed by atoms with van der Waals surface area (Å²) in [5.74, 6) is 0.544. The SMILES string of the molecule is CCNCc1cc(OCc2ccccc2Cl)ncc1Cl. The van der Waals surface area contributed by atoms with Gasteiger partial charge in [0.15, 0.2) is 0 Å². The molecular weight excluding hydrogens is 295 g/mol. The van der Waals surface area contributed by atoms with E-state index in [1.165, 1.54) is 0 Å². The molecule has 0 aliphatic rings. The number of nitrogens with zero attached hydrogens (tertiary/aromatic N) is 1. The van der Waals surface area contributed by atoms with Gasteiger partial charge in [-0.2, -0.15) is 0 Å². The number of ether oxygens (including phenoxy) is 1. The maximum absolute atomic E-state index is 6.10. The Bertz CT molecular complexity index is 576. The zero-order valence-corrected chi connectivity index (χ0v) is 12.7. The van der Waals surface area contributed by atoms with Gasteiger partial charge < -0.3 is 10.1 Å². The van der Waals surface area contributed by atoms with E-state index in [1.807, 2.05) is 37.3 Å². The lowest BCUT2D eigenvalue weighted by Gasteiger charge is -2.10. The topological polar surface area (TPSA) is 34.1 Å². The van der Waals surface area contributed by atoms with Gasteiger partial charge in [-0.05, 0) is 18.2 Å². The van der Waals surface area contributed by atoms with E-state index in [4.69, 9.17) is 27.9 Å². The van der Waals surface area contributed by atoms with Crippen LogP contribution in [-0.2, 0) is 13.2 Å². The molecule has 106 valence electrons. The predicted octanol–water partition coefficient (Wildman–Crippen LogP) is 4.08. The predicted molar refractivity (Wildman–Crippen MR) is 82.4 cm³/mol. The molecule has 1 N–H and O–H groups in total. The molecule has 0 fully saturated rings. The number of nitrogens with one attached hydrogen (secondary N) is 1. The van der Waals surface area contributed by atoms with Gasteiger partial charge in [0, 0.05) is 29.4 Å². The summed E-state index contributed by atoms with van der Waals surface area (Å²) in [5.41, 5.74) is 1.90. The Morgan fingerprint density at radius 1 is 1.15 bits per heavy atom. The molecule has 1 aromatic heterocycles. The summed E-state index contributed by atoms with van der Waals surface area (Å²) in [6.45, 7) is 4.01. The molecule has 2 aromatic rings. The van der Waals surface area contributed by atoms with Gasteiger partial charge in [-0.3, -0.25) is 0 Å². The van der Waals surface area contributed by atoms with Crippen LogP contribution in [-0.4, -0.2) is 11.5 Å². The molecule has 5 heteroatoms. The summed E-state index contributed by atoms with van der Waals surface area (Å²) in [6, 6.07) is 9.43. The molecule has 0 radical (unpaired) electrons. The Hall–Kier alpha value is -1.29. The Kier molecular flexibility index (Phi) is 5.65. The average molecular weight is 311 g/mol. The number of rotatable bonds is 6. The Morgan fingerprint density at radius 2 is 1.95 bits per heavy atom. The molecule has 0 unspecified atom stereocenters. The first-order valence-corrected chi connectivity index (χ1v) is 7.17. The fourth-order valence-electron chi connectivity index (χ4n) is 1.70. The van der Waals surface area contributed by atoms with Crippen molar-refractivity contribution in [3.63, 3.8) is 0 Å². The summed E-state index contributed by atoms with van der Waals surface area (Å²) in [4.78, 5) is 4.17. The van der Waals surface area contributed by atoms with E-state index in [0.717, 1.165) is 17.7 Å². The fraction of sp³-hybridized carbons (Fsp3) is 0.267. The molecule has 1 aromatic carbocycles. The minimum absolute atomic E-state index is 0.384. The third kappa shape index (κ3) is 4.10. The monoisotopic (exact) mass is 310 g/mol. The van der Waals surface area contributed by atoms with Crippen molar-refractivity contribution in [1.29, 1.82) is 0 Å². The van der Waals surface area contributed by atoms with Crippen LogP contribution in [0.3, 0.4) is 0 Å². The molecule has 0 bridgehead atoms. The second-order valence-corrected chi connectivity index (χ2v) is 5.09. The van der Waals surface area contributed by atoms with E-state index in [1.54, 1.807) is 6.20 Å². The zero-order valence-electron chi connectivity index (χ0n) is 11.2. The standard InChI is InChI=1S/C15H16Cl2N2O/c1-2-18-8-12-7-15(19-9-14(12)17)20-10-11-5-3-4-6-13(11)16/h3-7,9,18H,2,8,10H2,1H3. The van der Waals surface area contributed by atoms with Crippen LogP contribution >= 0.6 is 23.2 Å². The van der Waals surface area contributed by atoms with Crippen LogP contribution in [0.5, 0.6) is 5.88 Å². The van der Waals surface area contributed by atoms with E-state index in [-0.39, 0.29) is 0 Å². The first-order valence-electron chi connectivity index (χ1n) is 6.42. The van der Waals surface area contributed by atoms with E-state index < -0.39 is 0 Å². The van der Waals surface area contributed by atoms with E-state index in [2.05, 4.69) is 10.3 Å². The molecule has 0 spiro atoms. The van der Waals surface area contributed by atoms with Crippen LogP contribution in [0.15, 0.2) is 36.5 Å². The maximum Gasteiger partial charge on any atom is 0.213 e. The molecule has 0 aliphatic carbocycles. The Morgan fingerprint density at radius 3 is 2.70 bits per heavy atom. The number of halogens is 2. The molecule has 0 saturated heterocycles. The van der Waals surface area contributed by atoms with Crippen LogP contribution < -0.4 is 10.1 Å². The molecule has 1 heterocycles. The molecule has 0 atom stereocenters. The van der Waals surface area contributed by atoms with Gasteiger partial charge >= 0.3 is 0 Å². The quantitative estimate of drug-likeness (QED) is 0.873. The van der Waals surface area contributed by atoms with Crippen LogP contribution in [0.2, 0.25) is 10.0 Å². The van der Waals surface area contributed by atoms with Crippen molar-refractivity contribution in [3.8, 4) is 5.88 Å². The van der Waals surface area contributed by atoms with Crippen LogP contribution in [0, 0.1) is 0 Å². The number of hydrogen-bond acceptors (Lipinski definition) is 3. The van der Waals surface area contributed by atoms with Crippen molar-refractivity contribution in [2.75, 3.05) is 6.54 Å². The normalized spacial score (nSPS) is 10.6. The largest absolute Gasteiger partial charge is 0.473 e. The fourth-order valence-corrected chi connectivity index (χ4v) is 2.06. The van der Waals surface area contributed by atoms with E-state index >= 15 is 0 Å². The second-order valence-electron chi connectivity index (χ2n) is 4.27. The lowest BCUT2D eigenvalue weighted by molar-refractivity contribution is 0.293. The molecular formula is C15H16Cl2N2O. The minimum atomic E-state index is 0.384. The van der Waals surface area contributed by atoms with Crippen molar-refractivity contribution in [1.82, 2.24) is 10.3 Å². The van der Waals surface area contributed by atoms with Gasteiger partial charge in [-0.15, -0.1) is 0 Å². The van der Waals surface area contributed by atoms with E-state index in [9.17, 15) is 0 Å². The molecule has 0 amide bonds. The third-order valence-corrected chi connectivity index (χ3v) is 3.52. The highest BCUT2D eigenvalue weighted by molar-refractivity contribution is 6.31. The highest BCUT2D eigenvalue weighted by Gasteiger charge is 2.05. The van der Waals surface area contributed by atoms with Gasteiger partial charge in [0.25, 0.3) is 0 Å². The molecule has 0 saturated carbocycles. The van der Waals surface area contributed by atoms with Crippen molar-refractivity contribution >= 4 is 23.2 Å². The van der Waals surface area contributed by atoms with Gasteiger partial charge in [0.1, 0.15) is 6.61 Å². The second kappa shape index (κ2) is 7.48. The van der Waals surface area contributed by atoms with Gasteiger partial charge in [0.2, 0.25) is 5.88 Å². The number of pyridine rings is 1. The van der Waals surface area contributed by atoms with Crippen molar-refractivity contribution in [3.05, 3.63) is 57.7 Å². The van der Waals surface area contributed by atoms with Crippen LogP contribution in [0.4, 0.5) is 0 Å². The van der Waals surface area contributed by atoms with Crippen molar-refractivity contribution in [2.45, 2.75) is 20.1 Å². The summed E-state index contributed by atoms with van der Waals surface area (Å²) in [5, 5.41) is 4.55. The van der Waals surface area contributed by atoms with Gasteiger partial charge in [-0.1, -0.05) is 48.3 Å². The van der Waals surface area contributed by atoms with Crippen LogP contribution in [0.1, 0.15) is 18.1 Å². The smallest absolute Gasteiger partial charge is 0.213 e. The highest BCUT2D eigenvalue weighted by Crippen LogP contribution is 2.21. The van der Waals surface area contributed by atoms with E-state index in [0.29, 0.717) is 29.1 Å². The molecule has 2 rings (SSSR count). The number of benzene rings is 1. The summed E-state index contributed by atoms with van der Waals surface area (Å²) in [6.07, 6.45) is 1.61. The number of aromatic nitrogens is 1.